The second kappa shape index (κ2) is 5.18. The highest BCUT2D eigenvalue weighted by Crippen LogP contribution is 2.28. The smallest absolute Gasteiger partial charge is 0.336 e. The molecule has 0 atom stereocenters. The van der Waals surface area contributed by atoms with E-state index >= 15 is 0 Å². The average molecular weight is 342 g/mol. The third-order valence-corrected chi connectivity index (χ3v) is 5.79. The normalized spacial score (nSPS) is 11.7. The van der Waals surface area contributed by atoms with E-state index in [0.29, 0.717) is 21.0 Å². The van der Waals surface area contributed by atoms with E-state index in [1.807, 2.05) is 0 Å². The topological polar surface area (TPSA) is 76.4 Å². The molecule has 1 N–H and O–H groups in total. The van der Waals surface area contributed by atoms with Gasteiger partial charge in [-0.25, -0.2) is 13.2 Å². The van der Waals surface area contributed by atoms with Crippen molar-refractivity contribution in [1.82, 2.24) is 0 Å². The molecule has 0 fully saturated rings. The van der Waals surface area contributed by atoms with Gasteiger partial charge in [-0.15, -0.1) is 11.3 Å². The average Bonchev–Trinajstić information content (AvgIpc) is 2.86. The van der Waals surface area contributed by atoms with E-state index in [-0.39, 0.29) is 4.21 Å². The Kier molecular flexibility index (Phi) is 3.48. The molecule has 0 aliphatic heterocycles. The monoisotopic (exact) mass is 341 g/mol. The van der Waals surface area contributed by atoms with Crippen LogP contribution in [0, 0.1) is 0 Å². The second-order valence-corrected chi connectivity index (χ2v) is 7.80. The molecular weight excluding hydrogens is 334 g/mol. The fraction of sp³-hybridized carbons (Fsp3) is 0. The van der Waals surface area contributed by atoms with Crippen LogP contribution in [-0.4, -0.2) is 8.42 Å². The molecule has 2 aromatic heterocycles. The minimum atomic E-state index is -3.68. The van der Waals surface area contributed by atoms with Gasteiger partial charge < -0.3 is 4.42 Å². The zero-order chi connectivity index (χ0) is 15.0. The lowest BCUT2D eigenvalue weighted by Gasteiger charge is -2.06. The molecular formula is C13H8ClNO4S2. The van der Waals surface area contributed by atoms with Crippen LogP contribution in [0.25, 0.3) is 11.0 Å². The maximum atomic E-state index is 12.2. The van der Waals surface area contributed by atoms with Gasteiger partial charge in [0.2, 0.25) is 0 Å². The van der Waals surface area contributed by atoms with Gasteiger partial charge in [0.1, 0.15) is 9.79 Å². The van der Waals surface area contributed by atoms with E-state index in [1.165, 1.54) is 30.3 Å². The van der Waals surface area contributed by atoms with Crippen LogP contribution >= 0.6 is 22.9 Å². The van der Waals surface area contributed by atoms with Crippen LogP contribution in [0.2, 0.25) is 4.34 Å². The number of halogens is 1. The fourth-order valence-electron chi connectivity index (χ4n) is 1.78. The number of hydrogen-bond donors (Lipinski definition) is 1. The number of anilines is 1. The van der Waals surface area contributed by atoms with Gasteiger partial charge in [0.15, 0.2) is 0 Å². The molecule has 108 valence electrons. The Labute approximate surface area is 128 Å². The number of thiophene rings is 1. The Morgan fingerprint density at radius 2 is 1.90 bits per heavy atom. The molecule has 3 aromatic rings. The molecule has 0 saturated carbocycles. The summed E-state index contributed by atoms with van der Waals surface area (Å²) in [7, 11) is -3.68. The lowest BCUT2D eigenvalue weighted by atomic mass is 10.2. The Morgan fingerprint density at radius 3 is 2.62 bits per heavy atom. The number of benzene rings is 1. The summed E-state index contributed by atoms with van der Waals surface area (Å²) < 4.78 is 32.3. The van der Waals surface area contributed by atoms with Crippen molar-refractivity contribution in [2.45, 2.75) is 4.21 Å². The van der Waals surface area contributed by atoms with Crippen LogP contribution in [0.5, 0.6) is 0 Å². The first kappa shape index (κ1) is 14.1. The number of nitrogens with one attached hydrogen (secondary N) is 1. The summed E-state index contributed by atoms with van der Waals surface area (Å²) in [5.41, 5.74) is 0.314. The van der Waals surface area contributed by atoms with Gasteiger partial charge >= 0.3 is 5.63 Å². The van der Waals surface area contributed by atoms with Gasteiger partial charge in [-0.2, -0.15) is 0 Å². The molecule has 5 nitrogen and oxygen atoms in total. The third-order valence-electron chi connectivity index (χ3n) is 2.68. The number of fused-ring (bicyclic) bond motifs is 1. The standard InChI is InChI=1S/C13H8ClNO4S2/c14-11-4-6-13(20-11)21(17,18)15-9-2-3-10-8(7-9)1-5-12(16)19-10/h1-7,15H. The van der Waals surface area contributed by atoms with Crippen molar-refractivity contribution in [3.05, 3.63) is 57.2 Å². The lowest BCUT2D eigenvalue weighted by molar-refractivity contribution is 0.561. The fourth-order valence-corrected chi connectivity index (χ4v) is 4.32. The molecule has 0 amide bonds. The van der Waals surface area contributed by atoms with E-state index in [4.69, 9.17) is 16.0 Å². The Morgan fingerprint density at radius 1 is 1.10 bits per heavy atom. The van der Waals surface area contributed by atoms with E-state index in [1.54, 1.807) is 12.1 Å². The zero-order valence-electron chi connectivity index (χ0n) is 10.4. The molecule has 3 rings (SSSR count). The molecule has 0 bridgehead atoms. The summed E-state index contributed by atoms with van der Waals surface area (Å²) in [4.78, 5) is 11.1. The van der Waals surface area contributed by atoms with Crippen LogP contribution in [0.1, 0.15) is 0 Å². The predicted octanol–water partition coefficient (Wildman–Crippen LogP) is 3.31. The first-order chi connectivity index (χ1) is 9.94. The van der Waals surface area contributed by atoms with Gasteiger partial charge in [-0.3, -0.25) is 4.72 Å². The quantitative estimate of drug-likeness (QED) is 0.741. The van der Waals surface area contributed by atoms with E-state index in [2.05, 4.69) is 4.72 Å². The summed E-state index contributed by atoms with van der Waals surface area (Å²) in [5, 5.41) is 0.624. The van der Waals surface area contributed by atoms with Crippen molar-refractivity contribution in [3.8, 4) is 0 Å². The van der Waals surface area contributed by atoms with Gasteiger partial charge in [0.05, 0.1) is 4.34 Å². The Balaban J connectivity index is 1.98. The molecule has 8 heteroatoms. The molecule has 0 radical (unpaired) electrons. The van der Waals surface area contributed by atoms with Crippen molar-refractivity contribution in [1.29, 1.82) is 0 Å². The molecule has 0 aliphatic rings. The highest BCUT2D eigenvalue weighted by Gasteiger charge is 2.16. The maximum Gasteiger partial charge on any atom is 0.336 e. The van der Waals surface area contributed by atoms with E-state index < -0.39 is 15.6 Å². The van der Waals surface area contributed by atoms with Crippen LogP contribution in [0.15, 0.2) is 55.9 Å². The summed E-state index contributed by atoms with van der Waals surface area (Å²) in [6, 6.07) is 10.5. The van der Waals surface area contributed by atoms with Crippen molar-refractivity contribution in [3.63, 3.8) is 0 Å². The van der Waals surface area contributed by atoms with Crippen LogP contribution in [-0.2, 0) is 10.0 Å². The van der Waals surface area contributed by atoms with Crippen molar-refractivity contribution in [2.24, 2.45) is 0 Å². The summed E-state index contributed by atoms with van der Waals surface area (Å²) in [6.07, 6.45) is 0. The van der Waals surface area contributed by atoms with Gasteiger partial charge in [0.25, 0.3) is 10.0 Å². The molecule has 21 heavy (non-hydrogen) atoms. The van der Waals surface area contributed by atoms with Crippen LogP contribution < -0.4 is 10.3 Å². The summed E-state index contributed by atoms with van der Waals surface area (Å²) >= 11 is 6.72. The van der Waals surface area contributed by atoms with Gasteiger partial charge in [-0.1, -0.05) is 11.6 Å². The maximum absolute atomic E-state index is 12.2. The molecule has 2 heterocycles. The van der Waals surface area contributed by atoms with Gasteiger partial charge in [0, 0.05) is 17.1 Å². The van der Waals surface area contributed by atoms with Crippen molar-refractivity contribution in [2.75, 3.05) is 4.72 Å². The largest absolute Gasteiger partial charge is 0.423 e. The summed E-state index contributed by atoms with van der Waals surface area (Å²) in [5.74, 6) is 0. The minimum absolute atomic E-state index is 0.132. The Hall–Kier alpha value is -1.83. The highest BCUT2D eigenvalue weighted by molar-refractivity contribution is 7.94. The SMILES string of the molecule is O=c1ccc2cc(NS(=O)(=O)c3ccc(Cl)s3)ccc2o1. The van der Waals surface area contributed by atoms with Crippen LogP contribution in [0.4, 0.5) is 5.69 Å². The van der Waals surface area contributed by atoms with E-state index in [0.717, 1.165) is 11.3 Å². The lowest BCUT2D eigenvalue weighted by Crippen LogP contribution is -2.11. The summed E-state index contributed by atoms with van der Waals surface area (Å²) in [6.45, 7) is 0. The minimum Gasteiger partial charge on any atom is -0.423 e. The molecule has 0 saturated heterocycles. The molecule has 0 unspecified atom stereocenters. The number of rotatable bonds is 3. The zero-order valence-corrected chi connectivity index (χ0v) is 12.8. The van der Waals surface area contributed by atoms with Crippen molar-refractivity contribution >= 4 is 49.6 Å². The number of sulfonamides is 1. The first-order valence-electron chi connectivity index (χ1n) is 5.76. The highest BCUT2D eigenvalue weighted by atomic mass is 35.5. The predicted molar refractivity (Wildman–Crippen MR) is 82.6 cm³/mol. The first-order valence-corrected chi connectivity index (χ1v) is 8.44. The van der Waals surface area contributed by atoms with Gasteiger partial charge in [-0.05, 0) is 36.4 Å². The third kappa shape index (κ3) is 2.94. The Bertz CT molecular complexity index is 975. The second-order valence-electron chi connectivity index (χ2n) is 4.17. The van der Waals surface area contributed by atoms with Crippen LogP contribution in [0.3, 0.4) is 0 Å². The molecule has 1 aromatic carbocycles. The number of hydrogen-bond acceptors (Lipinski definition) is 5. The van der Waals surface area contributed by atoms with E-state index in [9.17, 15) is 13.2 Å². The molecule has 0 aliphatic carbocycles. The molecule has 0 spiro atoms. The van der Waals surface area contributed by atoms with Crippen molar-refractivity contribution < 1.29 is 12.8 Å².